The molecule has 1 amide bonds. The van der Waals surface area contributed by atoms with E-state index in [0.717, 1.165) is 24.3 Å². The smallest absolute Gasteiger partial charge is 0.223 e. The van der Waals surface area contributed by atoms with E-state index in [1.165, 1.54) is 12.8 Å². The third kappa shape index (κ3) is 2.58. The van der Waals surface area contributed by atoms with Crippen molar-refractivity contribution in [2.45, 2.75) is 39.2 Å². The molecule has 1 aliphatic carbocycles. The summed E-state index contributed by atoms with van der Waals surface area (Å²) in [6, 6.07) is 1.84. The summed E-state index contributed by atoms with van der Waals surface area (Å²) in [5.41, 5.74) is 0.847. The van der Waals surface area contributed by atoms with E-state index in [-0.39, 0.29) is 11.8 Å². The molecule has 0 aromatic carbocycles. The summed E-state index contributed by atoms with van der Waals surface area (Å²) in [5, 5.41) is 6.65. The van der Waals surface area contributed by atoms with Crippen LogP contribution in [0, 0.1) is 12.8 Å². The van der Waals surface area contributed by atoms with Crippen molar-refractivity contribution in [3.05, 3.63) is 17.5 Å². The first-order chi connectivity index (χ1) is 7.25. The number of carbonyl (C=O) groups excluding carboxylic acids is 1. The second-order valence-corrected chi connectivity index (χ2v) is 4.13. The van der Waals surface area contributed by atoms with Crippen LogP contribution in [0.25, 0.3) is 0 Å². The molecular formula is C11H16N2O2. The van der Waals surface area contributed by atoms with Crippen molar-refractivity contribution in [1.82, 2.24) is 10.5 Å². The highest BCUT2D eigenvalue weighted by molar-refractivity contribution is 5.78. The summed E-state index contributed by atoms with van der Waals surface area (Å²) < 4.78 is 5.01. The summed E-state index contributed by atoms with van der Waals surface area (Å²) >= 11 is 0. The summed E-state index contributed by atoms with van der Waals surface area (Å²) in [4.78, 5) is 11.7. The van der Waals surface area contributed by atoms with Gasteiger partial charge in [-0.05, 0) is 19.8 Å². The minimum Gasteiger partial charge on any atom is -0.359 e. The summed E-state index contributed by atoms with van der Waals surface area (Å²) in [6.45, 7) is 2.32. The van der Waals surface area contributed by atoms with Crippen molar-refractivity contribution in [2.24, 2.45) is 5.92 Å². The SMILES string of the molecule is Cc1cc(CNC(=O)C2CCCC2)on1. The van der Waals surface area contributed by atoms with Crippen molar-refractivity contribution in [3.8, 4) is 0 Å². The Kier molecular flexibility index (Phi) is 3.04. The highest BCUT2D eigenvalue weighted by Crippen LogP contribution is 2.24. The van der Waals surface area contributed by atoms with Crippen LogP contribution in [-0.2, 0) is 11.3 Å². The zero-order valence-electron chi connectivity index (χ0n) is 8.95. The first kappa shape index (κ1) is 10.2. The molecule has 15 heavy (non-hydrogen) atoms. The molecule has 1 saturated carbocycles. The molecule has 4 heteroatoms. The van der Waals surface area contributed by atoms with Crippen LogP contribution in [0.1, 0.15) is 37.1 Å². The number of hydrogen-bond acceptors (Lipinski definition) is 3. The van der Waals surface area contributed by atoms with E-state index in [1.807, 2.05) is 13.0 Å². The number of amides is 1. The van der Waals surface area contributed by atoms with Crippen LogP contribution in [0.5, 0.6) is 0 Å². The normalized spacial score (nSPS) is 16.9. The maximum atomic E-state index is 11.7. The van der Waals surface area contributed by atoms with Gasteiger partial charge in [0.2, 0.25) is 5.91 Å². The lowest BCUT2D eigenvalue weighted by atomic mass is 10.1. The number of nitrogens with one attached hydrogen (secondary N) is 1. The Bertz CT molecular complexity index is 340. The van der Waals surface area contributed by atoms with Crippen LogP contribution < -0.4 is 5.32 Å². The second-order valence-electron chi connectivity index (χ2n) is 4.13. The van der Waals surface area contributed by atoms with Crippen molar-refractivity contribution in [3.63, 3.8) is 0 Å². The Morgan fingerprint density at radius 3 is 2.93 bits per heavy atom. The Hall–Kier alpha value is -1.32. The van der Waals surface area contributed by atoms with E-state index in [2.05, 4.69) is 10.5 Å². The van der Waals surface area contributed by atoms with E-state index < -0.39 is 0 Å². The maximum Gasteiger partial charge on any atom is 0.223 e. The summed E-state index contributed by atoms with van der Waals surface area (Å²) in [7, 11) is 0. The Labute approximate surface area is 89.0 Å². The lowest BCUT2D eigenvalue weighted by Gasteiger charge is -2.08. The molecule has 0 spiro atoms. The minimum absolute atomic E-state index is 0.154. The van der Waals surface area contributed by atoms with Crippen molar-refractivity contribution in [2.75, 3.05) is 0 Å². The highest BCUT2D eigenvalue weighted by Gasteiger charge is 2.22. The Balaban J connectivity index is 1.80. The average molecular weight is 208 g/mol. The number of hydrogen-bond donors (Lipinski definition) is 1. The van der Waals surface area contributed by atoms with Crippen LogP contribution >= 0.6 is 0 Å². The van der Waals surface area contributed by atoms with Crippen LogP contribution in [-0.4, -0.2) is 11.1 Å². The molecule has 1 aliphatic rings. The molecule has 82 valence electrons. The van der Waals surface area contributed by atoms with Gasteiger partial charge in [-0.3, -0.25) is 4.79 Å². The van der Waals surface area contributed by atoms with E-state index in [9.17, 15) is 4.79 Å². The molecule has 1 fully saturated rings. The fourth-order valence-electron chi connectivity index (χ4n) is 2.01. The Morgan fingerprint density at radius 2 is 2.33 bits per heavy atom. The predicted molar refractivity (Wildman–Crippen MR) is 55.0 cm³/mol. The Morgan fingerprint density at radius 1 is 1.60 bits per heavy atom. The largest absolute Gasteiger partial charge is 0.359 e. The molecule has 0 aliphatic heterocycles. The third-order valence-corrected chi connectivity index (χ3v) is 2.84. The molecule has 0 unspecified atom stereocenters. The number of aromatic nitrogens is 1. The van der Waals surface area contributed by atoms with Gasteiger partial charge in [0.1, 0.15) is 0 Å². The zero-order valence-corrected chi connectivity index (χ0v) is 8.95. The van der Waals surface area contributed by atoms with Gasteiger partial charge < -0.3 is 9.84 Å². The number of nitrogens with zero attached hydrogens (tertiary/aromatic N) is 1. The summed E-state index contributed by atoms with van der Waals surface area (Å²) in [5.74, 6) is 1.09. The fraction of sp³-hybridized carbons (Fsp3) is 0.636. The van der Waals surface area contributed by atoms with Gasteiger partial charge in [0.05, 0.1) is 12.2 Å². The molecule has 0 radical (unpaired) electrons. The monoisotopic (exact) mass is 208 g/mol. The molecule has 0 atom stereocenters. The van der Waals surface area contributed by atoms with E-state index in [0.29, 0.717) is 6.54 Å². The summed E-state index contributed by atoms with van der Waals surface area (Å²) in [6.07, 6.45) is 4.42. The van der Waals surface area contributed by atoms with Gasteiger partial charge in [0.15, 0.2) is 5.76 Å². The molecule has 4 nitrogen and oxygen atoms in total. The lowest BCUT2D eigenvalue weighted by molar-refractivity contribution is -0.125. The first-order valence-electron chi connectivity index (χ1n) is 5.45. The fourth-order valence-corrected chi connectivity index (χ4v) is 2.01. The molecule has 1 aromatic heterocycles. The van der Waals surface area contributed by atoms with Crippen molar-refractivity contribution >= 4 is 5.91 Å². The van der Waals surface area contributed by atoms with Gasteiger partial charge in [0.25, 0.3) is 0 Å². The third-order valence-electron chi connectivity index (χ3n) is 2.84. The number of aryl methyl sites for hydroxylation is 1. The van der Waals surface area contributed by atoms with Gasteiger partial charge in [-0.2, -0.15) is 0 Å². The van der Waals surface area contributed by atoms with E-state index in [1.54, 1.807) is 0 Å². The van der Waals surface area contributed by atoms with Gasteiger partial charge in [-0.1, -0.05) is 18.0 Å². The van der Waals surface area contributed by atoms with Crippen LogP contribution in [0.3, 0.4) is 0 Å². The number of rotatable bonds is 3. The molecular weight excluding hydrogens is 192 g/mol. The van der Waals surface area contributed by atoms with Crippen molar-refractivity contribution < 1.29 is 9.32 Å². The van der Waals surface area contributed by atoms with Gasteiger partial charge >= 0.3 is 0 Å². The standard InChI is InChI=1S/C11H16N2O2/c1-8-6-10(15-13-8)7-12-11(14)9-4-2-3-5-9/h6,9H,2-5,7H2,1H3,(H,12,14). The quantitative estimate of drug-likeness (QED) is 0.823. The second kappa shape index (κ2) is 4.47. The topological polar surface area (TPSA) is 55.1 Å². The molecule has 1 aromatic rings. The van der Waals surface area contributed by atoms with Gasteiger partial charge in [0, 0.05) is 12.0 Å². The highest BCUT2D eigenvalue weighted by atomic mass is 16.5. The molecule has 0 saturated heterocycles. The maximum absolute atomic E-state index is 11.7. The molecule has 1 N–H and O–H groups in total. The van der Waals surface area contributed by atoms with Crippen LogP contribution in [0.4, 0.5) is 0 Å². The zero-order chi connectivity index (χ0) is 10.7. The molecule has 2 rings (SSSR count). The molecule has 1 heterocycles. The van der Waals surface area contributed by atoms with Crippen molar-refractivity contribution in [1.29, 1.82) is 0 Å². The van der Waals surface area contributed by atoms with Gasteiger partial charge in [-0.15, -0.1) is 0 Å². The predicted octanol–water partition coefficient (Wildman–Crippen LogP) is 1.79. The van der Waals surface area contributed by atoms with E-state index >= 15 is 0 Å². The van der Waals surface area contributed by atoms with E-state index in [4.69, 9.17) is 4.52 Å². The minimum atomic E-state index is 0.154. The average Bonchev–Trinajstić information content (AvgIpc) is 2.84. The van der Waals surface area contributed by atoms with Crippen LogP contribution in [0.2, 0.25) is 0 Å². The van der Waals surface area contributed by atoms with Gasteiger partial charge in [-0.25, -0.2) is 0 Å². The van der Waals surface area contributed by atoms with Crippen LogP contribution in [0.15, 0.2) is 10.6 Å². The number of carbonyl (C=O) groups is 1. The lowest BCUT2D eigenvalue weighted by Crippen LogP contribution is -2.28. The first-order valence-corrected chi connectivity index (χ1v) is 5.45. The molecule has 0 bridgehead atoms.